The minimum atomic E-state index is -0.590. The highest BCUT2D eigenvalue weighted by Gasteiger charge is 2.26. The highest BCUT2D eigenvalue weighted by molar-refractivity contribution is 5.81. The first-order chi connectivity index (χ1) is 9.31. The predicted molar refractivity (Wildman–Crippen MR) is 70.3 cm³/mol. The number of amides is 1. The molecule has 5 heteroatoms. The van der Waals surface area contributed by atoms with Crippen LogP contribution in [0.1, 0.15) is 19.3 Å². The van der Waals surface area contributed by atoms with E-state index in [1.54, 1.807) is 6.07 Å². The fourth-order valence-electron chi connectivity index (χ4n) is 1.89. The number of benzene rings is 1. The van der Waals surface area contributed by atoms with Gasteiger partial charge in [-0.3, -0.25) is 4.79 Å². The van der Waals surface area contributed by atoms with Crippen molar-refractivity contribution in [1.29, 1.82) is 0 Å². The lowest BCUT2D eigenvalue weighted by molar-refractivity contribution is -0.130. The number of carbonyl (C=O) groups is 1. The zero-order valence-electron chi connectivity index (χ0n) is 10.8. The lowest BCUT2D eigenvalue weighted by Gasteiger charge is -2.25. The van der Waals surface area contributed by atoms with Gasteiger partial charge in [-0.1, -0.05) is 12.1 Å². The second-order valence-corrected chi connectivity index (χ2v) is 4.44. The maximum absolute atomic E-state index is 11.9. The molecule has 5 nitrogen and oxygen atoms in total. The number of rotatable bonds is 6. The Morgan fingerprint density at radius 3 is 2.84 bits per heavy atom. The fourth-order valence-corrected chi connectivity index (χ4v) is 1.89. The van der Waals surface area contributed by atoms with Crippen molar-refractivity contribution in [2.75, 3.05) is 19.8 Å². The van der Waals surface area contributed by atoms with Gasteiger partial charge in [-0.05, 0) is 31.4 Å². The lowest BCUT2D eigenvalue weighted by atomic mass is 10.2. The summed E-state index contributed by atoms with van der Waals surface area (Å²) in [6, 6.07) is 7.31. The molecule has 0 radical (unpaired) electrons. The molecule has 0 saturated carbocycles. The molecular formula is C14H19NO4. The number of unbranched alkanes of at least 4 members (excludes halogenated alkanes) is 2. The molecule has 1 atom stereocenters. The molecule has 0 aliphatic carbocycles. The third-order valence-electron chi connectivity index (χ3n) is 2.94. The summed E-state index contributed by atoms with van der Waals surface area (Å²) in [4.78, 5) is 11.9. The molecule has 1 aliphatic heterocycles. The van der Waals surface area contributed by atoms with E-state index in [2.05, 4.69) is 5.32 Å². The van der Waals surface area contributed by atoms with Crippen LogP contribution in [0.4, 0.5) is 0 Å². The van der Waals surface area contributed by atoms with Crippen LogP contribution in [0.25, 0.3) is 0 Å². The van der Waals surface area contributed by atoms with Crippen LogP contribution in [-0.4, -0.2) is 36.9 Å². The van der Waals surface area contributed by atoms with E-state index in [1.807, 2.05) is 18.2 Å². The predicted octanol–water partition coefficient (Wildman–Crippen LogP) is 1.11. The van der Waals surface area contributed by atoms with Crippen LogP contribution in [0.2, 0.25) is 0 Å². The first kappa shape index (κ1) is 13.7. The summed E-state index contributed by atoms with van der Waals surface area (Å²) >= 11 is 0. The quantitative estimate of drug-likeness (QED) is 0.756. The largest absolute Gasteiger partial charge is 0.485 e. The summed E-state index contributed by atoms with van der Waals surface area (Å²) in [5.74, 6) is 1.13. The number of ether oxygens (including phenoxy) is 2. The van der Waals surface area contributed by atoms with Crippen molar-refractivity contribution in [3.05, 3.63) is 24.3 Å². The molecule has 1 heterocycles. The smallest absolute Gasteiger partial charge is 0.264 e. The molecule has 2 rings (SSSR count). The molecule has 104 valence electrons. The molecule has 0 saturated heterocycles. The van der Waals surface area contributed by atoms with E-state index in [0.29, 0.717) is 18.0 Å². The molecule has 1 aromatic carbocycles. The minimum absolute atomic E-state index is 0.154. The van der Waals surface area contributed by atoms with E-state index >= 15 is 0 Å². The van der Waals surface area contributed by atoms with Gasteiger partial charge >= 0.3 is 0 Å². The zero-order chi connectivity index (χ0) is 13.5. The van der Waals surface area contributed by atoms with Gasteiger partial charge in [0, 0.05) is 13.2 Å². The first-order valence-electron chi connectivity index (χ1n) is 6.58. The average Bonchev–Trinajstić information content (AvgIpc) is 2.46. The third-order valence-corrected chi connectivity index (χ3v) is 2.94. The van der Waals surface area contributed by atoms with E-state index in [9.17, 15) is 4.79 Å². The molecule has 0 aromatic heterocycles. The van der Waals surface area contributed by atoms with Gasteiger partial charge in [0.05, 0.1) is 0 Å². The van der Waals surface area contributed by atoms with Crippen LogP contribution in [-0.2, 0) is 4.79 Å². The molecule has 2 N–H and O–H groups in total. The zero-order valence-corrected chi connectivity index (χ0v) is 10.8. The summed E-state index contributed by atoms with van der Waals surface area (Å²) in [6.45, 7) is 1.03. The second-order valence-electron chi connectivity index (χ2n) is 4.44. The first-order valence-corrected chi connectivity index (χ1v) is 6.58. The number of nitrogens with one attached hydrogen (secondary N) is 1. The number of aliphatic hydroxyl groups excluding tert-OH is 1. The monoisotopic (exact) mass is 265 g/mol. The third kappa shape index (κ3) is 3.86. The molecule has 19 heavy (non-hydrogen) atoms. The Bertz CT molecular complexity index is 422. The Hall–Kier alpha value is -1.75. The van der Waals surface area contributed by atoms with Crippen molar-refractivity contribution in [3.63, 3.8) is 0 Å². The normalized spacial score (nSPS) is 17.0. The Balaban J connectivity index is 1.76. The van der Waals surface area contributed by atoms with Gasteiger partial charge in [-0.25, -0.2) is 0 Å². The standard InChI is InChI=1S/C14H19NO4/c16-9-5-1-4-8-15-14(17)13-10-18-11-6-2-3-7-12(11)19-13/h2-3,6-7,13,16H,1,4-5,8-10H2,(H,15,17). The van der Waals surface area contributed by atoms with Crippen molar-refractivity contribution < 1.29 is 19.4 Å². The van der Waals surface area contributed by atoms with E-state index < -0.39 is 6.10 Å². The number of hydrogen-bond donors (Lipinski definition) is 2. The molecule has 0 fully saturated rings. The number of hydrogen-bond acceptors (Lipinski definition) is 4. The van der Waals surface area contributed by atoms with Crippen LogP contribution in [0.3, 0.4) is 0 Å². The van der Waals surface area contributed by atoms with Gasteiger partial charge in [0.25, 0.3) is 5.91 Å². The van der Waals surface area contributed by atoms with Crippen LogP contribution in [0, 0.1) is 0 Å². The van der Waals surface area contributed by atoms with E-state index in [-0.39, 0.29) is 19.1 Å². The molecule has 0 spiro atoms. The van der Waals surface area contributed by atoms with Gasteiger partial charge < -0.3 is 19.9 Å². The lowest BCUT2D eigenvalue weighted by Crippen LogP contribution is -2.44. The van der Waals surface area contributed by atoms with Crippen molar-refractivity contribution in [2.45, 2.75) is 25.4 Å². The minimum Gasteiger partial charge on any atom is -0.485 e. The van der Waals surface area contributed by atoms with Crippen molar-refractivity contribution in [2.24, 2.45) is 0 Å². The van der Waals surface area contributed by atoms with Gasteiger partial charge in [-0.15, -0.1) is 0 Å². The van der Waals surface area contributed by atoms with Gasteiger partial charge in [0.1, 0.15) is 6.61 Å². The van der Waals surface area contributed by atoms with Gasteiger partial charge in [0.2, 0.25) is 6.10 Å². The van der Waals surface area contributed by atoms with Gasteiger partial charge in [-0.2, -0.15) is 0 Å². The van der Waals surface area contributed by atoms with E-state index in [0.717, 1.165) is 19.3 Å². The van der Waals surface area contributed by atoms with Crippen molar-refractivity contribution in [3.8, 4) is 11.5 Å². The summed E-state index contributed by atoms with van der Waals surface area (Å²) in [5, 5.41) is 11.5. The highest BCUT2D eigenvalue weighted by Crippen LogP contribution is 2.30. The Morgan fingerprint density at radius 2 is 2.05 bits per heavy atom. The Labute approximate surface area is 112 Å². The summed E-state index contributed by atoms with van der Waals surface area (Å²) in [7, 11) is 0. The van der Waals surface area contributed by atoms with Crippen LogP contribution in [0.15, 0.2) is 24.3 Å². The SMILES string of the molecule is O=C(NCCCCCO)C1COc2ccccc2O1. The van der Waals surface area contributed by atoms with E-state index in [1.165, 1.54) is 0 Å². The Kier molecular flexibility index (Phi) is 5.03. The number of aliphatic hydroxyl groups is 1. The highest BCUT2D eigenvalue weighted by atomic mass is 16.6. The van der Waals surface area contributed by atoms with Crippen molar-refractivity contribution >= 4 is 5.91 Å². The maximum Gasteiger partial charge on any atom is 0.264 e. The molecular weight excluding hydrogens is 246 g/mol. The Morgan fingerprint density at radius 1 is 1.26 bits per heavy atom. The van der Waals surface area contributed by atoms with Crippen molar-refractivity contribution in [1.82, 2.24) is 5.32 Å². The number of carbonyl (C=O) groups excluding carboxylic acids is 1. The number of para-hydroxylation sites is 2. The second kappa shape index (κ2) is 6.99. The summed E-state index contributed by atoms with van der Waals surface area (Å²) in [5.41, 5.74) is 0. The van der Waals surface area contributed by atoms with Gasteiger partial charge in [0.15, 0.2) is 11.5 Å². The maximum atomic E-state index is 11.9. The molecule has 1 aromatic rings. The molecule has 1 amide bonds. The van der Waals surface area contributed by atoms with Crippen LogP contribution < -0.4 is 14.8 Å². The molecule has 1 unspecified atom stereocenters. The molecule has 1 aliphatic rings. The summed E-state index contributed by atoms with van der Waals surface area (Å²) < 4.78 is 11.1. The topological polar surface area (TPSA) is 67.8 Å². The summed E-state index contributed by atoms with van der Waals surface area (Å²) in [6.07, 6.45) is 1.94. The van der Waals surface area contributed by atoms with Crippen LogP contribution in [0.5, 0.6) is 11.5 Å². The fraction of sp³-hybridized carbons (Fsp3) is 0.500. The van der Waals surface area contributed by atoms with E-state index in [4.69, 9.17) is 14.6 Å². The number of fused-ring (bicyclic) bond motifs is 1. The average molecular weight is 265 g/mol. The molecule has 0 bridgehead atoms. The van der Waals surface area contributed by atoms with Crippen LogP contribution >= 0.6 is 0 Å².